The summed E-state index contributed by atoms with van der Waals surface area (Å²) in [5.74, 6) is 0.173. The Morgan fingerprint density at radius 1 is 0.935 bits per heavy atom. The number of hydrogen-bond acceptors (Lipinski definition) is 5. The number of nitrogens with one attached hydrogen (secondary N) is 2. The molecule has 1 heterocycles. The molecule has 0 saturated heterocycles. The van der Waals surface area contributed by atoms with Crippen LogP contribution in [0.15, 0.2) is 83.5 Å². The highest BCUT2D eigenvalue weighted by molar-refractivity contribution is 5.95. The Morgan fingerprint density at radius 3 is 2.13 bits per heavy atom. The number of rotatable bonds is 10. The SMILES string of the molecule is O=C(CN(CCCO)C(c1ccccc1)c1ccccc1)NC(=O)NCc1ccco1. The molecule has 0 bridgehead atoms. The zero-order valence-corrected chi connectivity index (χ0v) is 17.2. The number of benzene rings is 2. The van der Waals surface area contributed by atoms with E-state index in [0.29, 0.717) is 18.7 Å². The maximum Gasteiger partial charge on any atom is 0.321 e. The lowest BCUT2D eigenvalue weighted by Crippen LogP contribution is -2.45. The summed E-state index contributed by atoms with van der Waals surface area (Å²) in [5.41, 5.74) is 2.06. The molecule has 0 saturated carbocycles. The van der Waals surface area contributed by atoms with E-state index >= 15 is 0 Å². The van der Waals surface area contributed by atoms with Crippen LogP contribution in [0.2, 0.25) is 0 Å². The molecule has 3 amide bonds. The summed E-state index contributed by atoms with van der Waals surface area (Å²) < 4.78 is 5.17. The van der Waals surface area contributed by atoms with Crippen LogP contribution in [0.1, 0.15) is 29.3 Å². The van der Waals surface area contributed by atoms with Crippen LogP contribution in [0.5, 0.6) is 0 Å². The minimum atomic E-state index is -0.584. The van der Waals surface area contributed by atoms with Crippen molar-refractivity contribution in [3.63, 3.8) is 0 Å². The van der Waals surface area contributed by atoms with E-state index in [-0.39, 0.29) is 25.7 Å². The second kappa shape index (κ2) is 11.7. The van der Waals surface area contributed by atoms with Crippen LogP contribution in [0, 0.1) is 0 Å². The molecular weight excluding hydrogens is 394 g/mol. The molecule has 0 aliphatic carbocycles. The van der Waals surface area contributed by atoms with Crippen LogP contribution in [0.25, 0.3) is 0 Å². The molecule has 31 heavy (non-hydrogen) atoms. The Balaban J connectivity index is 1.72. The van der Waals surface area contributed by atoms with E-state index in [1.165, 1.54) is 6.26 Å². The average molecular weight is 421 g/mol. The van der Waals surface area contributed by atoms with Gasteiger partial charge in [0.05, 0.1) is 25.4 Å². The zero-order chi connectivity index (χ0) is 21.9. The summed E-state index contributed by atoms with van der Waals surface area (Å²) in [5, 5.41) is 14.4. The predicted molar refractivity (Wildman–Crippen MR) is 117 cm³/mol. The number of aliphatic hydroxyl groups excluding tert-OH is 1. The van der Waals surface area contributed by atoms with E-state index in [4.69, 9.17) is 4.42 Å². The summed E-state index contributed by atoms with van der Waals surface area (Å²) >= 11 is 0. The van der Waals surface area contributed by atoms with Gasteiger partial charge in [0.2, 0.25) is 5.91 Å². The summed E-state index contributed by atoms with van der Waals surface area (Å²) in [6.45, 7) is 0.698. The van der Waals surface area contributed by atoms with Gasteiger partial charge in [0.1, 0.15) is 5.76 Å². The smallest absolute Gasteiger partial charge is 0.321 e. The molecule has 7 nitrogen and oxygen atoms in total. The van der Waals surface area contributed by atoms with Crippen molar-refractivity contribution in [1.82, 2.24) is 15.5 Å². The monoisotopic (exact) mass is 421 g/mol. The highest BCUT2D eigenvalue weighted by Gasteiger charge is 2.24. The number of carbonyl (C=O) groups excluding carboxylic acids is 2. The Labute approximate surface area is 181 Å². The lowest BCUT2D eigenvalue weighted by molar-refractivity contribution is -0.121. The lowest BCUT2D eigenvalue weighted by Gasteiger charge is -2.32. The first-order valence-electron chi connectivity index (χ1n) is 10.2. The van der Waals surface area contributed by atoms with Gasteiger partial charge in [-0.2, -0.15) is 0 Å². The molecule has 3 aromatic rings. The van der Waals surface area contributed by atoms with Crippen LogP contribution in [-0.2, 0) is 11.3 Å². The van der Waals surface area contributed by atoms with Crippen LogP contribution >= 0.6 is 0 Å². The first-order valence-corrected chi connectivity index (χ1v) is 10.2. The third-order valence-corrected chi connectivity index (χ3v) is 4.80. The van der Waals surface area contributed by atoms with Crippen LogP contribution in [-0.4, -0.2) is 41.6 Å². The topological polar surface area (TPSA) is 94.8 Å². The van der Waals surface area contributed by atoms with Crippen molar-refractivity contribution in [3.8, 4) is 0 Å². The first-order chi connectivity index (χ1) is 15.2. The number of hydrogen-bond donors (Lipinski definition) is 3. The fourth-order valence-electron chi connectivity index (χ4n) is 3.43. The molecule has 0 aliphatic rings. The van der Waals surface area contributed by atoms with Crippen LogP contribution < -0.4 is 10.6 Å². The van der Waals surface area contributed by atoms with Gasteiger partial charge in [-0.15, -0.1) is 0 Å². The normalized spacial score (nSPS) is 10.9. The Kier molecular flexibility index (Phi) is 8.39. The third kappa shape index (κ3) is 6.80. The molecular formula is C24H27N3O4. The molecule has 2 aromatic carbocycles. The molecule has 1 aromatic heterocycles. The van der Waals surface area contributed by atoms with Gasteiger partial charge in [-0.1, -0.05) is 60.7 Å². The summed E-state index contributed by atoms with van der Waals surface area (Å²) in [6, 6.07) is 22.5. The van der Waals surface area contributed by atoms with E-state index in [9.17, 15) is 14.7 Å². The predicted octanol–water partition coefficient (Wildman–Crippen LogP) is 3.08. The maximum absolute atomic E-state index is 12.7. The Hall–Kier alpha value is -3.42. The van der Waals surface area contributed by atoms with Gasteiger partial charge >= 0.3 is 6.03 Å². The molecule has 3 rings (SSSR count). The van der Waals surface area contributed by atoms with E-state index in [1.807, 2.05) is 65.6 Å². The van der Waals surface area contributed by atoms with Gasteiger partial charge in [-0.3, -0.25) is 15.0 Å². The fourth-order valence-corrected chi connectivity index (χ4v) is 3.43. The van der Waals surface area contributed by atoms with E-state index in [1.54, 1.807) is 12.1 Å². The third-order valence-electron chi connectivity index (χ3n) is 4.80. The molecule has 0 aliphatic heterocycles. The van der Waals surface area contributed by atoms with Gasteiger partial charge in [-0.05, 0) is 29.7 Å². The van der Waals surface area contributed by atoms with Crippen molar-refractivity contribution in [2.75, 3.05) is 19.7 Å². The largest absolute Gasteiger partial charge is 0.467 e. The minimum Gasteiger partial charge on any atom is -0.467 e. The first kappa shape index (κ1) is 22.3. The second-order valence-electron chi connectivity index (χ2n) is 7.08. The molecule has 0 spiro atoms. The molecule has 0 radical (unpaired) electrons. The molecule has 0 atom stereocenters. The van der Waals surface area contributed by atoms with Gasteiger partial charge in [-0.25, -0.2) is 4.79 Å². The van der Waals surface area contributed by atoms with Crippen molar-refractivity contribution < 1.29 is 19.1 Å². The highest BCUT2D eigenvalue weighted by Crippen LogP contribution is 2.28. The summed E-state index contributed by atoms with van der Waals surface area (Å²) in [6.07, 6.45) is 2.03. The molecule has 0 fully saturated rings. The number of urea groups is 1. The minimum absolute atomic E-state index is 0.00261. The van der Waals surface area contributed by atoms with Crippen LogP contribution in [0.4, 0.5) is 4.79 Å². The number of furan rings is 1. The Bertz CT molecular complexity index is 890. The molecule has 3 N–H and O–H groups in total. The fraction of sp³-hybridized carbons (Fsp3) is 0.250. The van der Waals surface area contributed by atoms with Crippen molar-refractivity contribution in [2.24, 2.45) is 0 Å². The zero-order valence-electron chi connectivity index (χ0n) is 17.2. The quantitative estimate of drug-likeness (QED) is 0.468. The highest BCUT2D eigenvalue weighted by atomic mass is 16.3. The number of nitrogens with zero attached hydrogens (tertiary/aromatic N) is 1. The van der Waals surface area contributed by atoms with Gasteiger partial charge < -0.3 is 14.8 Å². The second-order valence-corrected chi connectivity index (χ2v) is 7.08. The van der Waals surface area contributed by atoms with Crippen molar-refractivity contribution in [1.29, 1.82) is 0 Å². The molecule has 162 valence electrons. The Morgan fingerprint density at radius 2 is 1.58 bits per heavy atom. The van der Waals surface area contributed by atoms with E-state index < -0.39 is 11.9 Å². The standard InChI is InChI=1S/C24H27N3O4/c28-15-8-14-27(18-22(29)26-24(30)25-17-21-13-7-16-31-21)23(19-9-3-1-4-10-19)20-11-5-2-6-12-20/h1-7,9-13,16,23,28H,8,14-15,17-18H2,(H2,25,26,29,30). The molecule has 7 heteroatoms. The number of carbonyl (C=O) groups is 2. The number of aliphatic hydroxyl groups is 1. The van der Waals surface area contributed by atoms with E-state index in [0.717, 1.165) is 11.1 Å². The van der Waals surface area contributed by atoms with Crippen LogP contribution in [0.3, 0.4) is 0 Å². The lowest BCUT2D eigenvalue weighted by atomic mass is 9.96. The average Bonchev–Trinajstić information content (AvgIpc) is 3.31. The number of imide groups is 1. The van der Waals surface area contributed by atoms with Crippen molar-refractivity contribution >= 4 is 11.9 Å². The van der Waals surface area contributed by atoms with Crippen molar-refractivity contribution in [2.45, 2.75) is 19.0 Å². The van der Waals surface area contributed by atoms with Gasteiger partial charge in [0.25, 0.3) is 0 Å². The number of amides is 3. The van der Waals surface area contributed by atoms with Gasteiger partial charge in [0.15, 0.2) is 0 Å². The van der Waals surface area contributed by atoms with Gasteiger partial charge in [0, 0.05) is 13.2 Å². The maximum atomic E-state index is 12.7. The summed E-state index contributed by atoms with van der Waals surface area (Å²) in [7, 11) is 0. The molecule has 0 unspecified atom stereocenters. The van der Waals surface area contributed by atoms with E-state index in [2.05, 4.69) is 10.6 Å². The van der Waals surface area contributed by atoms with Crippen molar-refractivity contribution in [3.05, 3.63) is 95.9 Å². The summed E-state index contributed by atoms with van der Waals surface area (Å²) in [4.78, 5) is 26.7.